The van der Waals surface area contributed by atoms with Crippen LogP contribution in [0.5, 0.6) is 0 Å². The lowest BCUT2D eigenvalue weighted by atomic mass is 9.90. The van der Waals surface area contributed by atoms with E-state index in [2.05, 4.69) is 9.97 Å². The van der Waals surface area contributed by atoms with Crippen LogP contribution in [0.3, 0.4) is 0 Å². The molecular weight excluding hydrogens is 326 g/mol. The first-order valence-corrected chi connectivity index (χ1v) is 8.36. The van der Waals surface area contributed by atoms with Crippen LogP contribution in [0.4, 0.5) is 5.95 Å². The van der Waals surface area contributed by atoms with Gasteiger partial charge >= 0.3 is 0 Å². The number of amides is 2. The van der Waals surface area contributed by atoms with Gasteiger partial charge in [-0.05, 0) is 18.4 Å². The van der Waals surface area contributed by atoms with Crippen molar-refractivity contribution in [2.45, 2.75) is 26.4 Å². The first-order valence-electron chi connectivity index (χ1n) is 8.36. The summed E-state index contributed by atoms with van der Waals surface area (Å²) in [4.78, 5) is 36.4. The van der Waals surface area contributed by atoms with E-state index >= 15 is 0 Å². The first kappa shape index (κ1) is 19.1. The summed E-state index contributed by atoms with van der Waals surface area (Å²) >= 11 is 0. The number of aliphatic hydroxyl groups excluding tert-OH is 1. The Labute approximate surface area is 146 Å². The highest BCUT2D eigenvalue weighted by Gasteiger charge is 2.36. The van der Waals surface area contributed by atoms with E-state index in [1.165, 1.54) is 5.48 Å². The summed E-state index contributed by atoms with van der Waals surface area (Å²) in [7, 11) is 0. The minimum absolute atomic E-state index is 0.120. The zero-order valence-electron chi connectivity index (χ0n) is 14.5. The number of nitrogens with one attached hydrogen (secondary N) is 1. The number of aromatic nitrogens is 2. The van der Waals surface area contributed by atoms with E-state index in [1.807, 2.05) is 18.7 Å². The smallest absolute Gasteiger partial charge is 0.272 e. The normalized spacial score (nSPS) is 17.3. The van der Waals surface area contributed by atoms with Crippen LogP contribution in [-0.4, -0.2) is 69.3 Å². The van der Waals surface area contributed by atoms with E-state index in [9.17, 15) is 14.7 Å². The molecule has 1 fully saturated rings. The van der Waals surface area contributed by atoms with Crippen LogP contribution in [-0.2, 0) is 9.59 Å². The monoisotopic (exact) mass is 351 g/mol. The van der Waals surface area contributed by atoms with Gasteiger partial charge < -0.3 is 14.9 Å². The molecule has 2 atom stereocenters. The van der Waals surface area contributed by atoms with Crippen molar-refractivity contribution in [1.82, 2.24) is 20.3 Å². The van der Waals surface area contributed by atoms with Crippen LogP contribution in [0.15, 0.2) is 18.5 Å². The summed E-state index contributed by atoms with van der Waals surface area (Å²) in [6, 6.07) is 1.74. The number of aliphatic hydroxyl groups is 1. The van der Waals surface area contributed by atoms with Gasteiger partial charge in [-0.1, -0.05) is 13.8 Å². The second-order valence-corrected chi connectivity index (χ2v) is 6.52. The molecule has 25 heavy (non-hydrogen) atoms. The highest BCUT2D eigenvalue weighted by Crippen LogP contribution is 2.21. The molecule has 1 aromatic heterocycles. The van der Waals surface area contributed by atoms with Gasteiger partial charge in [0.1, 0.15) is 6.10 Å². The predicted molar refractivity (Wildman–Crippen MR) is 89.7 cm³/mol. The lowest BCUT2D eigenvalue weighted by Crippen LogP contribution is -2.53. The highest BCUT2D eigenvalue weighted by molar-refractivity contribution is 5.88. The van der Waals surface area contributed by atoms with E-state index < -0.39 is 17.9 Å². The quantitative estimate of drug-likeness (QED) is 0.473. The number of carbonyl (C=O) groups is 2. The predicted octanol–water partition coefficient (Wildman–Crippen LogP) is -0.346. The number of carbonyl (C=O) groups excluding carboxylic acids is 2. The Balaban J connectivity index is 2.01. The van der Waals surface area contributed by atoms with Gasteiger partial charge in [0.2, 0.25) is 11.9 Å². The average Bonchev–Trinajstić information content (AvgIpc) is 2.65. The number of hydrogen-bond acceptors (Lipinski definition) is 7. The average molecular weight is 351 g/mol. The molecular formula is C16H25N5O4. The first-order chi connectivity index (χ1) is 11.9. The standard InChI is InChI=1S/C16H25N5O4/c1-11(2)10-12(13(22)14(23)19-25)15(24)20-6-8-21(9-7-20)16-17-4-3-5-18-16/h3-5,11-13,22,25H,6-10H2,1-2H3,(H,19,23). The molecule has 138 valence electrons. The third-order valence-electron chi connectivity index (χ3n) is 4.23. The van der Waals surface area contributed by atoms with Crippen molar-refractivity contribution < 1.29 is 19.9 Å². The topological polar surface area (TPSA) is 119 Å². The molecule has 0 aliphatic carbocycles. The highest BCUT2D eigenvalue weighted by atomic mass is 16.5. The number of piperazine rings is 1. The molecule has 9 nitrogen and oxygen atoms in total. The molecule has 0 saturated carbocycles. The Kier molecular flexibility index (Phi) is 6.65. The molecule has 2 amide bonds. The van der Waals surface area contributed by atoms with E-state index in [0.717, 1.165) is 0 Å². The molecule has 3 N–H and O–H groups in total. The third-order valence-corrected chi connectivity index (χ3v) is 4.23. The number of hydrogen-bond donors (Lipinski definition) is 3. The summed E-state index contributed by atoms with van der Waals surface area (Å²) in [6.07, 6.45) is 2.12. The number of nitrogens with zero attached hydrogens (tertiary/aromatic N) is 4. The van der Waals surface area contributed by atoms with Crippen LogP contribution in [0.25, 0.3) is 0 Å². The fraction of sp³-hybridized carbons (Fsp3) is 0.625. The Morgan fingerprint density at radius 1 is 1.20 bits per heavy atom. The molecule has 1 aromatic rings. The minimum Gasteiger partial charge on any atom is -0.382 e. The summed E-state index contributed by atoms with van der Waals surface area (Å²) in [5, 5.41) is 18.8. The van der Waals surface area contributed by atoms with E-state index in [4.69, 9.17) is 5.21 Å². The zero-order valence-corrected chi connectivity index (χ0v) is 14.5. The molecule has 0 spiro atoms. The van der Waals surface area contributed by atoms with Crippen molar-refractivity contribution in [3.63, 3.8) is 0 Å². The molecule has 1 aliphatic rings. The summed E-state index contributed by atoms with van der Waals surface area (Å²) in [5.74, 6) is -1.39. The van der Waals surface area contributed by atoms with Gasteiger partial charge in [0.05, 0.1) is 5.92 Å². The van der Waals surface area contributed by atoms with E-state index in [0.29, 0.717) is 38.5 Å². The van der Waals surface area contributed by atoms with Crippen molar-refractivity contribution in [1.29, 1.82) is 0 Å². The van der Waals surface area contributed by atoms with Crippen LogP contribution in [0.2, 0.25) is 0 Å². The molecule has 2 rings (SSSR count). The minimum atomic E-state index is -1.57. The Bertz CT molecular complexity index is 575. The largest absolute Gasteiger partial charge is 0.382 e. The van der Waals surface area contributed by atoms with Gasteiger partial charge in [0.15, 0.2) is 0 Å². The molecule has 9 heteroatoms. The lowest BCUT2D eigenvalue weighted by Gasteiger charge is -2.37. The maximum absolute atomic E-state index is 12.8. The summed E-state index contributed by atoms with van der Waals surface area (Å²) in [6.45, 7) is 5.89. The van der Waals surface area contributed by atoms with Crippen LogP contribution in [0, 0.1) is 11.8 Å². The SMILES string of the molecule is CC(C)CC(C(=O)N1CCN(c2ncccn2)CC1)C(O)C(=O)NO. The van der Waals surface area contributed by atoms with Gasteiger partial charge in [-0.3, -0.25) is 14.8 Å². The van der Waals surface area contributed by atoms with Crippen LogP contribution in [0.1, 0.15) is 20.3 Å². The maximum atomic E-state index is 12.8. The molecule has 2 heterocycles. The molecule has 0 bridgehead atoms. The third kappa shape index (κ3) is 4.86. The summed E-state index contributed by atoms with van der Waals surface area (Å²) < 4.78 is 0. The Hall–Kier alpha value is -2.26. The number of hydroxylamine groups is 1. The summed E-state index contributed by atoms with van der Waals surface area (Å²) in [5.41, 5.74) is 1.42. The molecule has 0 radical (unpaired) electrons. The number of anilines is 1. The van der Waals surface area contributed by atoms with Crippen molar-refractivity contribution in [2.75, 3.05) is 31.1 Å². The van der Waals surface area contributed by atoms with Crippen LogP contribution >= 0.6 is 0 Å². The molecule has 0 aromatic carbocycles. The molecule has 2 unspecified atom stereocenters. The van der Waals surface area contributed by atoms with Gasteiger partial charge in [0.25, 0.3) is 5.91 Å². The van der Waals surface area contributed by atoms with Gasteiger partial charge in [-0.2, -0.15) is 0 Å². The Morgan fingerprint density at radius 3 is 2.32 bits per heavy atom. The molecule has 1 saturated heterocycles. The number of rotatable bonds is 6. The van der Waals surface area contributed by atoms with Gasteiger partial charge in [0, 0.05) is 38.6 Å². The fourth-order valence-electron chi connectivity index (χ4n) is 2.94. The molecule has 1 aliphatic heterocycles. The second kappa shape index (κ2) is 8.72. The van der Waals surface area contributed by atoms with E-state index in [1.54, 1.807) is 23.4 Å². The van der Waals surface area contributed by atoms with Gasteiger partial charge in [-0.15, -0.1) is 0 Å². The van der Waals surface area contributed by atoms with Crippen molar-refractivity contribution in [2.24, 2.45) is 11.8 Å². The Morgan fingerprint density at radius 2 is 1.80 bits per heavy atom. The second-order valence-electron chi connectivity index (χ2n) is 6.52. The van der Waals surface area contributed by atoms with Crippen LogP contribution < -0.4 is 10.4 Å². The van der Waals surface area contributed by atoms with Gasteiger partial charge in [-0.25, -0.2) is 15.4 Å². The van der Waals surface area contributed by atoms with E-state index in [-0.39, 0.29) is 11.8 Å². The van der Waals surface area contributed by atoms with Crippen molar-refractivity contribution in [3.8, 4) is 0 Å². The fourth-order valence-corrected chi connectivity index (χ4v) is 2.94. The zero-order chi connectivity index (χ0) is 18.4. The lowest BCUT2D eigenvalue weighted by molar-refractivity contribution is -0.151. The van der Waals surface area contributed by atoms with Crippen molar-refractivity contribution >= 4 is 17.8 Å². The van der Waals surface area contributed by atoms with Crippen molar-refractivity contribution in [3.05, 3.63) is 18.5 Å². The maximum Gasteiger partial charge on any atom is 0.272 e.